The van der Waals surface area contributed by atoms with Crippen molar-refractivity contribution in [3.05, 3.63) is 0 Å². The van der Waals surface area contributed by atoms with Gasteiger partial charge in [0.05, 0.1) is 12.2 Å². The lowest BCUT2D eigenvalue weighted by atomic mass is 9.68. The van der Waals surface area contributed by atoms with Crippen LogP contribution in [0.1, 0.15) is 86.0 Å². The first-order valence-electron chi connectivity index (χ1n) is 9.24. The molecule has 2 heteroatoms. The molecular weight excluding hydrogens is 260 g/mol. The molecule has 2 nitrogen and oxygen atoms in total. The van der Waals surface area contributed by atoms with Crippen molar-refractivity contribution >= 4 is 0 Å². The fourth-order valence-corrected chi connectivity index (χ4v) is 3.45. The van der Waals surface area contributed by atoms with Gasteiger partial charge in [-0.15, -0.1) is 0 Å². The SMILES string of the molecule is CCCCC(CC)COC1CC(C(C)(C)CC)CCC1O. The van der Waals surface area contributed by atoms with Crippen molar-refractivity contribution in [3.63, 3.8) is 0 Å². The summed E-state index contributed by atoms with van der Waals surface area (Å²) in [5.74, 6) is 1.35. The van der Waals surface area contributed by atoms with E-state index in [-0.39, 0.29) is 12.2 Å². The summed E-state index contributed by atoms with van der Waals surface area (Å²) < 4.78 is 6.17. The van der Waals surface area contributed by atoms with E-state index in [1.807, 2.05) is 0 Å². The molecular formula is C19H38O2. The van der Waals surface area contributed by atoms with Gasteiger partial charge in [-0.05, 0) is 42.9 Å². The highest BCUT2D eigenvalue weighted by Crippen LogP contribution is 2.41. The summed E-state index contributed by atoms with van der Waals surface area (Å²) in [6.45, 7) is 12.3. The maximum Gasteiger partial charge on any atom is 0.0836 e. The zero-order valence-electron chi connectivity index (χ0n) is 15.0. The Kier molecular flexibility index (Phi) is 8.26. The molecule has 0 heterocycles. The van der Waals surface area contributed by atoms with E-state index in [9.17, 15) is 5.11 Å². The summed E-state index contributed by atoms with van der Waals surface area (Å²) in [5, 5.41) is 10.3. The Labute approximate surface area is 132 Å². The molecule has 0 saturated heterocycles. The van der Waals surface area contributed by atoms with Crippen LogP contribution in [0.4, 0.5) is 0 Å². The molecule has 0 aromatic carbocycles. The van der Waals surface area contributed by atoms with E-state index in [1.54, 1.807) is 0 Å². The number of ether oxygens (including phenoxy) is 1. The molecule has 1 fully saturated rings. The van der Waals surface area contributed by atoms with Gasteiger partial charge in [-0.1, -0.05) is 60.3 Å². The molecule has 0 aliphatic heterocycles. The highest BCUT2D eigenvalue weighted by Gasteiger charge is 2.37. The maximum atomic E-state index is 10.3. The number of hydrogen-bond donors (Lipinski definition) is 1. The fourth-order valence-electron chi connectivity index (χ4n) is 3.45. The standard InChI is InChI=1S/C19H38O2/c1-6-9-10-15(7-2)14-21-18-13-16(11-12-17(18)20)19(4,5)8-3/h15-18,20H,6-14H2,1-5H3. The Bertz CT molecular complexity index is 275. The molecule has 4 atom stereocenters. The van der Waals surface area contributed by atoms with Crippen molar-refractivity contribution in [3.8, 4) is 0 Å². The smallest absolute Gasteiger partial charge is 0.0836 e. The molecule has 1 saturated carbocycles. The lowest BCUT2D eigenvalue weighted by Gasteiger charge is -2.41. The van der Waals surface area contributed by atoms with Crippen LogP contribution in [-0.2, 0) is 4.74 Å². The number of rotatable bonds is 9. The zero-order valence-corrected chi connectivity index (χ0v) is 15.0. The second-order valence-corrected chi connectivity index (χ2v) is 7.71. The Hall–Kier alpha value is -0.0800. The van der Waals surface area contributed by atoms with Crippen molar-refractivity contribution in [2.45, 2.75) is 98.2 Å². The molecule has 0 amide bonds. The van der Waals surface area contributed by atoms with Gasteiger partial charge in [-0.2, -0.15) is 0 Å². The highest BCUT2D eigenvalue weighted by molar-refractivity contribution is 4.87. The zero-order chi connectivity index (χ0) is 15.9. The van der Waals surface area contributed by atoms with E-state index in [2.05, 4.69) is 34.6 Å². The molecule has 0 aromatic heterocycles. The highest BCUT2D eigenvalue weighted by atomic mass is 16.5. The fraction of sp³-hybridized carbons (Fsp3) is 1.00. The van der Waals surface area contributed by atoms with Crippen LogP contribution in [-0.4, -0.2) is 23.9 Å². The summed E-state index contributed by atoms with van der Waals surface area (Å²) >= 11 is 0. The van der Waals surface area contributed by atoms with Crippen molar-refractivity contribution < 1.29 is 9.84 Å². The summed E-state index contributed by atoms with van der Waals surface area (Å²) in [7, 11) is 0. The summed E-state index contributed by atoms with van der Waals surface area (Å²) in [6.07, 6.45) is 9.10. The Morgan fingerprint density at radius 3 is 2.48 bits per heavy atom. The van der Waals surface area contributed by atoms with E-state index in [0.717, 1.165) is 25.9 Å². The molecule has 1 N–H and O–H groups in total. The van der Waals surface area contributed by atoms with Gasteiger partial charge in [0.25, 0.3) is 0 Å². The van der Waals surface area contributed by atoms with Crippen LogP contribution in [0.3, 0.4) is 0 Å². The third-order valence-electron chi connectivity index (χ3n) is 5.86. The number of aliphatic hydroxyl groups excluding tert-OH is 1. The first kappa shape index (κ1) is 19.0. The van der Waals surface area contributed by atoms with Gasteiger partial charge in [-0.25, -0.2) is 0 Å². The van der Waals surface area contributed by atoms with Crippen LogP contribution >= 0.6 is 0 Å². The van der Waals surface area contributed by atoms with Crippen LogP contribution in [0.2, 0.25) is 0 Å². The normalized spacial score (nSPS) is 28.6. The molecule has 0 radical (unpaired) electrons. The van der Waals surface area contributed by atoms with Gasteiger partial charge in [0, 0.05) is 6.61 Å². The van der Waals surface area contributed by atoms with E-state index >= 15 is 0 Å². The molecule has 0 bridgehead atoms. The van der Waals surface area contributed by atoms with E-state index < -0.39 is 0 Å². The second-order valence-electron chi connectivity index (χ2n) is 7.71. The first-order valence-corrected chi connectivity index (χ1v) is 9.24. The van der Waals surface area contributed by atoms with E-state index in [4.69, 9.17) is 4.74 Å². The maximum absolute atomic E-state index is 10.3. The lowest BCUT2D eigenvalue weighted by molar-refractivity contribution is -0.0947. The molecule has 126 valence electrons. The van der Waals surface area contributed by atoms with Gasteiger partial charge in [0.2, 0.25) is 0 Å². The van der Waals surface area contributed by atoms with E-state index in [1.165, 1.54) is 32.1 Å². The van der Waals surface area contributed by atoms with Crippen LogP contribution in [0, 0.1) is 17.3 Å². The predicted molar refractivity (Wildman–Crippen MR) is 90.5 cm³/mol. The Balaban J connectivity index is 2.48. The largest absolute Gasteiger partial charge is 0.390 e. The molecule has 1 aliphatic rings. The summed E-state index contributed by atoms with van der Waals surface area (Å²) in [6, 6.07) is 0. The number of aliphatic hydroxyl groups is 1. The average Bonchev–Trinajstić information content (AvgIpc) is 2.48. The van der Waals surface area contributed by atoms with Crippen LogP contribution in [0.25, 0.3) is 0 Å². The molecule has 4 unspecified atom stereocenters. The summed E-state index contributed by atoms with van der Waals surface area (Å²) in [4.78, 5) is 0. The van der Waals surface area contributed by atoms with Gasteiger partial charge >= 0.3 is 0 Å². The summed E-state index contributed by atoms with van der Waals surface area (Å²) in [5.41, 5.74) is 0.369. The van der Waals surface area contributed by atoms with Gasteiger partial charge in [0.15, 0.2) is 0 Å². The Morgan fingerprint density at radius 2 is 1.90 bits per heavy atom. The molecule has 0 spiro atoms. The predicted octanol–water partition coefficient (Wildman–Crippen LogP) is 5.19. The molecule has 1 aliphatic carbocycles. The van der Waals surface area contributed by atoms with E-state index in [0.29, 0.717) is 17.3 Å². The molecule has 21 heavy (non-hydrogen) atoms. The van der Waals surface area contributed by atoms with Gasteiger partial charge < -0.3 is 9.84 Å². The van der Waals surface area contributed by atoms with Crippen molar-refractivity contribution in [2.24, 2.45) is 17.3 Å². The quantitative estimate of drug-likeness (QED) is 0.635. The second kappa shape index (κ2) is 9.15. The topological polar surface area (TPSA) is 29.5 Å². The van der Waals surface area contributed by atoms with Crippen molar-refractivity contribution in [1.29, 1.82) is 0 Å². The number of unbranched alkanes of at least 4 members (excludes halogenated alkanes) is 1. The third-order valence-corrected chi connectivity index (χ3v) is 5.86. The van der Waals surface area contributed by atoms with Crippen LogP contribution < -0.4 is 0 Å². The minimum atomic E-state index is -0.252. The number of hydrogen-bond acceptors (Lipinski definition) is 2. The Morgan fingerprint density at radius 1 is 1.19 bits per heavy atom. The lowest BCUT2D eigenvalue weighted by Crippen LogP contribution is -2.41. The third kappa shape index (κ3) is 5.90. The molecule has 0 aromatic rings. The monoisotopic (exact) mass is 298 g/mol. The minimum absolute atomic E-state index is 0.0604. The van der Waals surface area contributed by atoms with Crippen LogP contribution in [0.5, 0.6) is 0 Å². The average molecular weight is 299 g/mol. The molecule has 1 rings (SSSR count). The first-order chi connectivity index (χ1) is 9.94. The van der Waals surface area contributed by atoms with Gasteiger partial charge in [0.1, 0.15) is 0 Å². The van der Waals surface area contributed by atoms with Crippen LogP contribution in [0.15, 0.2) is 0 Å². The van der Waals surface area contributed by atoms with Gasteiger partial charge in [-0.3, -0.25) is 0 Å². The minimum Gasteiger partial charge on any atom is -0.390 e. The van der Waals surface area contributed by atoms with Crippen molar-refractivity contribution in [2.75, 3.05) is 6.61 Å². The van der Waals surface area contributed by atoms with Crippen molar-refractivity contribution in [1.82, 2.24) is 0 Å².